The van der Waals surface area contributed by atoms with Gasteiger partial charge in [0.2, 0.25) is 0 Å². The fourth-order valence-corrected chi connectivity index (χ4v) is 2.01. The third-order valence-corrected chi connectivity index (χ3v) is 3.12. The Morgan fingerprint density at radius 2 is 2.17 bits per heavy atom. The number of nitrogens with two attached hydrogens (primary N) is 1. The monoisotopic (exact) mass is 170 g/mol. The second-order valence-electron chi connectivity index (χ2n) is 4.33. The zero-order chi connectivity index (χ0) is 9.14. The molecule has 0 aromatic heterocycles. The van der Waals surface area contributed by atoms with E-state index in [2.05, 4.69) is 26.1 Å². The van der Waals surface area contributed by atoms with Gasteiger partial charge in [-0.1, -0.05) is 20.8 Å². The van der Waals surface area contributed by atoms with E-state index in [1.807, 2.05) is 0 Å². The van der Waals surface area contributed by atoms with Gasteiger partial charge in [0, 0.05) is 12.1 Å². The lowest BCUT2D eigenvalue weighted by Gasteiger charge is -2.36. The van der Waals surface area contributed by atoms with Crippen LogP contribution in [0.5, 0.6) is 0 Å². The summed E-state index contributed by atoms with van der Waals surface area (Å²) in [6, 6.07) is 0.927. The number of hydrogen-bond donors (Lipinski definition) is 2. The summed E-state index contributed by atoms with van der Waals surface area (Å²) in [5.74, 6) is 1.55. The number of rotatable bonds is 2. The van der Waals surface area contributed by atoms with E-state index < -0.39 is 0 Å². The summed E-state index contributed by atoms with van der Waals surface area (Å²) >= 11 is 0. The Labute approximate surface area is 75.9 Å². The first kappa shape index (κ1) is 10.0. The Hall–Kier alpha value is -0.0800. The number of piperidine rings is 1. The highest BCUT2D eigenvalue weighted by Crippen LogP contribution is 2.21. The van der Waals surface area contributed by atoms with Crippen LogP contribution in [0.15, 0.2) is 0 Å². The molecule has 2 nitrogen and oxygen atoms in total. The second-order valence-corrected chi connectivity index (χ2v) is 4.33. The van der Waals surface area contributed by atoms with E-state index in [4.69, 9.17) is 5.73 Å². The smallest absolute Gasteiger partial charge is 0.0216 e. The lowest BCUT2D eigenvalue weighted by molar-refractivity contribution is 0.223. The van der Waals surface area contributed by atoms with Gasteiger partial charge in [-0.05, 0) is 31.2 Å². The minimum absolute atomic E-state index is 0.371. The highest BCUT2D eigenvalue weighted by molar-refractivity contribution is 4.87. The lowest BCUT2D eigenvalue weighted by Crippen LogP contribution is -2.53. The van der Waals surface area contributed by atoms with E-state index in [0.29, 0.717) is 12.1 Å². The van der Waals surface area contributed by atoms with E-state index in [0.717, 1.165) is 24.8 Å². The molecule has 0 amide bonds. The summed E-state index contributed by atoms with van der Waals surface area (Å²) in [4.78, 5) is 0. The molecule has 2 heteroatoms. The average Bonchev–Trinajstić information content (AvgIpc) is 2.04. The van der Waals surface area contributed by atoms with Crippen LogP contribution in [0, 0.1) is 11.8 Å². The minimum Gasteiger partial charge on any atom is -0.326 e. The van der Waals surface area contributed by atoms with Crippen molar-refractivity contribution in [2.24, 2.45) is 17.6 Å². The molecule has 0 radical (unpaired) electrons. The summed E-state index contributed by atoms with van der Waals surface area (Å²) in [6.07, 6.45) is 2.36. The van der Waals surface area contributed by atoms with Crippen molar-refractivity contribution in [1.82, 2.24) is 5.32 Å². The maximum atomic E-state index is 6.06. The van der Waals surface area contributed by atoms with Crippen LogP contribution in [0.25, 0.3) is 0 Å². The third-order valence-electron chi connectivity index (χ3n) is 3.12. The molecule has 3 atom stereocenters. The molecule has 0 bridgehead atoms. The topological polar surface area (TPSA) is 38.0 Å². The van der Waals surface area contributed by atoms with Crippen LogP contribution < -0.4 is 11.1 Å². The van der Waals surface area contributed by atoms with Crippen molar-refractivity contribution in [2.45, 2.75) is 45.7 Å². The largest absolute Gasteiger partial charge is 0.326 e. The van der Waals surface area contributed by atoms with Gasteiger partial charge in [-0.2, -0.15) is 0 Å². The van der Waals surface area contributed by atoms with Gasteiger partial charge in [0.1, 0.15) is 0 Å². The molecule has 1 rings (SSSR count). The maximum Gasteiger partial charge on any atom is 0.0216 e. The van der Waals surface area contributed by atoms with Crippen LogP contribution in [-0.4, -0.2) is 18.6 Å². The Morgan fingerprint density at radius 1 is 1.50 bits per heavy atom. The lowest BCUT2D eigenvalue weighted by atomic mass is 9.83. The number of hydrogen-bond acceptors (Lipinski definition) is 2. The molecule has 1 aliphatic heterocycles. The van der Waals surface area contributed by atoms with E-state index in [-0.39, 0.29) is 0 Å². The van der Waals surface area contributed by atoms with E-state index >= 15 is 0 Å². The predicted octanol–water partition coefficient (Wildman–Crippen LogP) is 1.36. The van der Waals surface area contributed by atoms with Crippen LogP contribution in [0.3, 0.4) is 0 Å². The molecule has 0 aliphatic carbocycles. The van der Waals surface area contributed by atoms with Gasteiger partial charge in [0.05, 0.1) is 0 Å². The molecule has 1 fully saturated rings. The SMILES string of the molecule is CCC1NCC(C(C)C)CC1N. The van der Waals surface area contributed by atoms with Crippen LogP contribution >= 0.6 is 0 Å². The van der Waals surface area contributed by atoms with Crippen LogP contribution in [0.2, 0.25) is 0 Å². The minimum atomic E-state index is 0.371. The van der Waals surface area contributed by atoms with Gasteiger partial charge in [-0.3, -0.25) is 0 Å². The van der Waals surface area contributed by atoms with Gasteiger partial charge in [0.25, 0.3) is 0 Å². The van der Waals surface area contributed by atoms with Crippen molar-refractivity contribution in [1.29, 1.82) is 0 Å². The number of nitrogens with one attached hydrogen (secondary N) is 1. The maximum absolute atomic E-state index is 6.06. The second kappa shape index (κ2) is 4.24. The molecule has 72 valence electrons. The van der Waals surface area contributed by atoms with Crippen molar-refractivity contribution < 1.29 is 0 Å². The van der Waals surface area contributed by atoms with Crippen molar-refractivity contribution >= 4 is 0 Å². The Balaban J connectivity index is 2.40. The standard InChI is InChI=1S/C10H22N2/c1-4-10-9(11)5-8(6-12-10)7(2)3/h7-10,12H,4-6,11H2,1-3H3. The molecule has 1 aliphatic rings. The van der Waals surface area contributed by atoms with Gasteiger partial charge in [0.15, 0.2) is 0 Å². The Bertz CT molecular complexity index is 134. The molecule has 0 aromatic carbocycles. The highest BCUT2D eigenvalue weighted by Gasteiger charge is 2.27. The third kappa shape index (κ3) is 2.20. The molecule has 3 unspecified atom stereocenters. The summed E-state index contributed by atoms with van der Waals surface area (Å²) in [7, 11) is 0. The van der Waals surface area contributed by atoms with E-state index in [9.17, 15) is 0 Å². The van der Waals surface area contributed by atoms with Crippen molar-refractivity contribution in [2.75, 3.05) is 6.54 Å². The molecule has 0 saturated carbocycles. The highest BCUT2D eigenvalue weighted by atomic mass is 15.0. The van der Waals surface area contributed by atoms with Gasteiger partial charge >= 0.3 is 0 Å². The fraction of sp³-hybridized carbons (Fsp3) is 1.00. The average molecular weight is 170 g/mol. The fourth-order valence-electron chi connectivity index (χ4n) is 2.01. The predicted molar refractivity (Wildman–Crippen MR) is 53.0 cm³/mol. The molecule has 1 saturated heterocycles. The summed E-state index contributed by atoms with van der Waals surface area (Å²) < 4.78 is 0. The van der Waals surface area contributed by atoms with E-state index in [1.165, 1.54) is 6.42 Å². The first-order chi connectivity index (χ1) is 5.65. The molecular formula is C10H22N2. The Kier molecular flexibility index (Phi) is 3.53. The van der Waals surface area contributed by atoms with Crippen molar-refractivity contribution in [3.8, 4) is 0 Å². The van der Waals surface area contributed by atoms with Gasteiger partial charge in [-0.15, -0.1) is 0 Å². The zero-order valence-corrected chi connectivity index (χ0v) is 8.51. The quantitative estimate of drug-likeness (QED) is 0.656. The molecule has 1 heterocycles. The molecule has 0 aromatic rings. The molecule has 0 spiro atoms. The molecule has 3 N–H and O–H groups in total. The summed E-state index contributed by atoms with van der Waals surface area (Å²) in [5.41, 5.74) is 6.06. The van der Waals surface area contributed by atoms with Crippen LogP contribution in [0.1, 0.15) is 33.6 Å². The Morgan fingerprint density at radius 3 is 2.58 bits per heavy atom. The summed E-state index contributed by atoms with van der Waals surface area (Å²) in [6.45, 7) is 7.92. The first-order valence-corrected chi connectivity index (χ1v) is 5.14. The molecule has 12 heavy (non-hydrogen) atoms. The summed E-state index contributed by atoms with van der Waals surface area (Å²) in [5, 5.41) is 3.52. The van der Waals surface area contributed by atoms with Crippen molar-refractivity contribution in [3.63, 3.8) is 0 Å². The van der Waals surface area contributed by atoms with Crippen LogP contribution in [0.4, 0.5) is 0 Å². The van der Waals surface area contributed by atoms with Gasteiger partial charge < -0.3 is 11.1 Å². The first-order valence-electron chi connectivity index (χ1n) is 5.14. The zero-order valence-electron chi connectivity index (χ0n) is 8.51. The normalized spacial score (nSPS) is 37.2. The molecular weight excluding hydrogens is 148 g/mol. The van der Waals surface area contributed by atoms with Gasteiger partial charge in [-0.25, -0.2) is 0 Å². The van der Waals surface area contributed by atoms with Crippen LogP contribution in [-0.2, 0) is 0 Å². The van der Waals surface area contributed by atoms with E-state index in [1.54, 1.807) is 0 Å². The van der Waals surface area contributed by atoms with Crippen molar-refractivity contribution in [3.05, 3.63) is 0 Å².